The lowest BCUT2D eigenvalue weighted by atomic mass is 10.1. The van der Waals surface area contributed by atoms with Gasteiger partial charge in [-0.2, -0.15) is 0 Å². The van der Waals surface area contributed by atoms with Gasteiger partial charge >= 0.3 is 0 Å². The lowest BCUT2D eigenvalue weighted by Crippen LogP contribution is -2.47. The van der Waals surface area contributed by atoms with Crippen LogP contribution in [0.5, 0.6) is 0 Å². The van der Waals surface area contributed by atoms with Gasteiger partial charge in [0.1, 0.15) is 0 Å². The molecule has 2 atom stereocenters. The number of likely N-dealkylation sites (N-methyl/N-ethyl adjacent to an activating group) is 1. The second kappa shape index (κ2) is 8.25. The summed E-state index contributed by atoms with van der Waals surface area (Å²) in [6.45, 7) is 11.6. The highest BCUT2D eigenvalue weighted by atomic mass is 15.2. The van der Waals surface area contributed by atoms with E-state index in [4.69, 9.17) is 0 Å². The topological polar surface area (TPSA) is 15.3 Å². The fraction of sp³-hybridized carbons (Fsp3) is 1.00. The first-order valence-electron chi connectivity index (χ1n) is 6.12. The molecule has 0 rings (SSSR count). The molecule has 14 heavy (non-hydrogen) atoms. The molecule has 2 nitrogen and oxygen atoms in total. The van der Waals surface area contributed by atoms with Gasteiger partial charge in [-0.15, -0.1) is 0 Å². The van der Waals surface area contributed by atoms with Gasteiger partial charge in [-0.05, 0) is 46.3 Å². The van der Waals surface area contributed by atoms with Crippen LogP contribution < -0.4 is 5.32 Å². The largest absolute Gasteiger partial charge is 0.315 e. The molecule has 0 fully saturated rings. The number of nitrogens with one attached hydrogen (secondary N) is 1. The summed E-state index contributed by atoms with van der Waals surface area (Å²) in [7, 11) is 2.07. The maximum Gasteiger partial charge on any atom is 0.0220 e. The maximum absolute atomic E-state index is 3.41. The third-order valence-corrected chi connectivity index (χ3v) is 2.99. The predicted molar refractivity (Wildman–Crippen MR) is 64.8 cm³/mol. The lowest BCUT2D eigenvalue weighted by Gasteiger charge is -2.34. The van der Waals surface area contributed by atoms with Crippen LogP contribution >= 0.6 is 0 Å². The molecule has 0 heterocycles. The van der Waals surface area contributed by atoms with Crippen LogP contribution in [0.25, 0.3) is 0 Å². The van der Waals surface area contributed by atoms with E-state index in [1.165, 1.54) is 32.4 Å². The highest BCUT2D eigenvalue weighted by Crippen LogP contribution is 2.08. The Labute approximate surface area is 90.1 Å². The summed E-state index contributed by atoms with van der Waals surface area (Å²) in [6.07, 6.45) is 3.72. The highest BCUT2D eigenvalue weighted by molar-refractivity contribution is 4.78. The quantitative estimate of drug-likeness (QED) is 0.647. The third kappa shape index (κ3) is 4.43. The molecule has 2 unspecified atom stereocenters. The van der Waals surface area contributed by atoms with Crippen LogP contribution in [-0.2, 0) is 0 Å². The van der Waals surface area contributed by atoms with Crippen molar-refractivity contribution in [2.24, 2.45) is 0 Å². The minimum Gasteiger partial charge on any atom is -0.315 e. The summed E-state index contributed by atoms with van der Waals surface area (Å²) in [5, 5.41) is 3.41. The van der Waals surface area contributed by atoms with Crippen LogP contribution in [0.3, 0.4) is 0 Å². The monoisotopic (exact) mass is 200 g/mol. The minimum atomic E-state index is 0.632. The van der Waals surface area contributed by atoms with Crippen LogP contribution in [0.2, 0.25) is 0 Å². The van der Waals surface area contributed by atoms with Gasteiger partial charge in [-0.25, -0.2) is 0 Å². The molecule has 0 amide bonds. The minimum absolute atomic E-state index is 0.632. The van der Waals surface area contributed by atoms with Crippen LogP contribution in [-0.4, -0.2) is 37.1 Å². The van der Waals surface area contributed by atoms with Crippen LogP contribution in [0.1, 0.15) is 47.0 Å². The van der Waals surface area contributed by atoms with Gasteiger partial charge in [0, 0.05) is 12.1 Å². The SMILES string of the molecule is CCCN(CCC)C(C)C(CC)NC. The van der Waals surface area contributed by atoms with E-state index in [1.54, 1.807) is 0 Å². The van der Waals surface area contributed by atoms with Crippen molar-refractivity contribution < 1.29 is 0 Å². The van der Waals surface area contributed by atoms with E-state index in [0.717, 1.165) is 0 Å². The average molecular weight is 200 g/mol. The van der Waals surface area contributed by atoms with Gasteiger partial charge in [0.2, 0.25) is 0 Å². The second-order valence-electron chi connectivity index (χ2n) is 4.08. The molecule has 0 aromatic heterocycles. The Bertz CT molecular complexity index is 115. The summed E-state index contributed by atoms with van der Waals surface area (Å²) in [4.78, 5) is 2.60. The van der Waals surface area contributed by atoms with Crippen LogP contribution in [0.15, 0.2) is 0 Å². The summed E-state index contributed by atoms with van der Waals surface area (Å²) in [5.74, 6) is 0. The predicted octanol–water partition coefficient (Wildman–Crippen LogP) is 2.49. The van der Waals surface area contributed by atoms with Crippen molar-refractivity contribution in [3.63, 3.8) is 0 Å². The molecule has 0 spiro atoms. The summed E-state index contributed by atoms with van der Waals surface area (Å²) in [5.41, 5.74) is 0. The first-order chi connectivity index (χ1) is 6.71. The molecule has 0 saturated heterocycles. The van der Waals surface area contributed by atoms with Gasteiger partial charge in [-0.3, -0.25) is 4.90 Å². The fourth-order valence-electron chi connectivity index (χ4n) is 2.13. The van der Waals surface area contributed by atoms with Gasteiger partial charge in [0.15, 0.2) is 0 Å². The smallest absolute Gasteiger partial charge is 0.0220 e. The number of hydrogen-bond acceptors (Lipinski definition) is 2. The van der Waals surface area contributed by atoms with E-state index in [2.05, 4.69) is 45.0 Å². The first kappa shape index (κ1) is 13.9. The van der Waals surface area contributed by atoms with E-state index < -0.39 is 0 Å². The second-order valence-corrected chi connectivity index (χ2v) is 4.08. The van der Waals surface area contributed by atoms with Crippen molar-refractivity contribution in [1.82, 2.24) is 10.2 Å². The summed E-state index contributed by atoms with van der Waals surface area (Å²) >= 11 is 0. The Hall–Kier alpha value is -0.0800. The molecule has 86 valence electrons. The fourth-order valence-corrected chi connectivity index (χ4v) is 2.13. The third-order valence-electron chi connectivity index (χ3n) is 2.99. The zero-order valence-electron chi connectivity index (χ0n) is 10.6. The number of hydrogen-bond donors (Lipinski definition) is 1. The molecule has 0 aliphatic rings. The molecular formula is C12H28N2. The lowest BCUT2D eigenvalue weighted by molar-refractivity contribution is 0.170. The number of rotatable bonds is 8. The van der Waals surface area contributed by atoms with Gasteiger partial charge in [0.25, 0.3) is 0 Å². The molecule has 0 aliphatic heterocycles. The highest BCUT2D eigenvalue weighted by Gasteiger charge is 2.19. The van der Waals surface area contributed by atoms with E-state index in [0.29, 0.717) is 12.1 Å². The normalized spacial score (nSPS) is 15.9. The zero-order chi connectivity index (χ0) is 11.0. The molecule has 1 N–H and O–H groups in total. The van der Waals surface area contributed by atoms with E-state index in [9.17, 15) is 0 Å². The Morgan fingerprint density at radius 3 is 1.86 bits per heavy atom. The van der Waals surface area contributed by atoms with Crippen LogP contribution in [0, 0.1) is 0 Å². The molecule has 0 aromatic carbocycles. The van der Waals surface area contributed by atoms with Crippen molar-refractivity contribution in [3.05, 3.63) is 0 Å². The van der Waals surface area contributed by atoms with Crippen molar-refractivity contribution in [2.75, 3.05) is 20.1 Å². The van der Waals surface area contributed by atoms with Gasteiger partial charge < -0.3 is 5.32 Å². The Kier molecular flexibility index (Phi) is 8.20. The summed E-state index contributed by atoms with van der Waals surface area (Å²) < 4.78 is 0. The van der Waals surface area contributed by atoms with Gasteiger partial charge in [-0.1, -0.05) is 20.8 Å². The van der Waals surface area contributed by atoms with E-state index in [-0.39, 0.29) is 0 Å². The van der Waals surface area contributed by atoms with Crippen LogP contribution in [0.4, 0.5) is 0 Å². The van der Waals surface area contributed by atoms with Crippen molar-refractivity contribution in [1.29, 1.82) is 0 Å². The first-order valence-corrected chi connectivity index (χ1v) is 6.12. The molecule has 0 saturated carbocycles. The average Bonchev–Trinajstić information content (AvgIpc) is 2.19. The maximum atomic E-state index is 3.41. The Balaban J connectivity index is 4.16. The molecule has 2 heteroatoms. The Morgan fingerprint density at radius 1 is 1.07 bits per heavy atom. The van der Waals surface area contributed by atoms with E-state index in [1.807, 2.05) is 0 Å². The van der Waals surface area contributed by atoms with E-state index >= 15 is 0 Å². The number of nitrogens with zero attached hydrogens (tertiary/aromatic N) is 1. The molecular weight excluding hydrogens is 172 g/mol. The molecule has 0 aliphatic carbocycles. The summed E-state index contributed by atoms with van der Waals surface area (Å²) in [6, 6.07) is 1.29. The van der Waals surface area contributed by atoms with Gasteiger partial charge in [0.05, 0.1) is 0 Å². The van der Waals surface area contributed by atoms with Crippen molar-refractivity contribution >= 4 is 0 Å². The van der Waals surface area contributed by atoms with Crippen molar-refractivity contribution in [2.45, 2.75) is 59.0 Å². The molecule has 0 radical (unpaired) electrons. The molecule has 0 bridgehead atoms. The standard InChI is InChI=1S/C12H28N2/c1-6-9-14(10-7-2)11(4)12(8-3)13-5/h11-13H,6-10H2,1-5H3. The van der Waals surface area contributed by atoms with Crippen molar-refractivity contribution in [3.8, 4) is 0 Å². The molecule has 0 aromatic rings. The Morgan fingerprint density at radius 2 is 1.57 bits per heavy atom. The zero-order valence-corrected chi connectivity index (χ0v) is 10.6.